The molecule has 0 amide bonds. The van der Waals surface area contributed by atoms with Crippen LogP contribution in [0.4, 0.5) is 11.4 Å². The van der Waals surface area contributed by atoms with Gasteiger partial charge in [0.25, 0.3) is 0 Å². The highest BCUT2D eigenvalue weighted by Crippen LogP contribution is 2.19. The van der Waals surface area contributed by atoms with Gasteiger partial charge in [0, 0.05) is 11.1 Å². The normalized spacial score (nSPS) is 10.1. The first-order valence-corrected chi connectivity index (χ1v) is 8.94. The van der Waals surface area contributed by atoms with Crippen molar-refractivity contribution in [3.8, 4) is 23.7 Å². The SMILES string of the molecule is C(#Cc1cc[cH-]c1)c1ccc(N=Nc2ccc(C#Cc3ccc[cH-]3)cc2)cc1. The standard InChI is InChI=1S/C26H16N2/c1-2-6-21(5-1)9-11-23-13-17-25(18-14-23)27-28-26-19-15-24(16-20-26)12-10-22-7-3-4-8-22/h1-8,13-20H/q-2. The van der Waals surface area contributed by atoms with Crippen molar-refractivity contribution in [2.45, 2.75) is 0 Å². The Morgan fingerprint density at radius 2 is 1.18 bits per heavy atom. The summed E-state index contributed by atoms with van der Waals surface area (Å²) in [7, 11) is 0. The van der Waals surface area contributed by atoms with Gasteiger partial charge >= 0.3 is 0 Å². The van der Waals surface area contributed by atoms with Crippen molar-refractivity contribution >= 4 is 11.4 Å². The molecule has 132 valence electrons. The van der Waals surface area contributed by atoms with E-state index < -0.39 is 0 Å². The molecule has 0 aliphatic carbocycles. The van der Waals surface area contributed by atoms with E-state index in [1.165, 1.54) is 0 Å². The molecule has 0 aromatic heterocycles. The second-order valence-corrected chi connectivity index (χ2v) is 6.14. The molecule has 0 atom stereocenters. The lowest BCUT2D eigenvalue weighted by molar-refractivity contribution is 1.23. The largest absolute Gasteiger partial charge is 0.199 e. The summed E-state index contributed by atoms with van der Waals surface area (Å²) in [6.07, 6.45) is 0. The van der Waals surface area contributed by atoms with Gasteiger partial charge in [-0.05, 0) is 48.5 Å². The zero-order valence-electron chi connectivity index (χ0n) is 15.1. The van der Waals surface area contributed by atoms with E-state index in [0.717, 1.165) is 33.6 Å². The highest BCUT2D eigenvalue weighted by Gasteiger charge is 1.92. The first-order chi connectivity index (χ1) is 13.8. The lowest BCUT2D eigenvalue weighted by Gasteiger charge is -1.96. The summed E-state index contributed by atoms with van der Waals surface area (Å²) >= 11 is 0. The Bertz CT molecular complexity index is 1070. The van der Waals surface area contributed by atoms with Crippen molar-refractivity contribution in [1.82, 2.24) is 0 Å². The Kier molecular flexibility index (Phi) is 5.24. The van der Waals surface area contributed by atoms with Gasteiger partial charge in [0.2, 0.25) is 0 Å². The molecule has 0 fully saturated rings. The molecule has 0 radical (unpaired) electrons. The van der Waals surface area contributed by atoms with Gasteiger partial charge in [0.05, 0.1) is 11.4 Å². The van der Waals surface area contributed by atoms with Gasteiger partial charge in [-0.1, -0.05) is 5.92 Å². The van der Waals surface area contributed by atoms with E-state index in [-0.39, 0.29) is 0 Å². The van der Waals surface area contributed by atoms with Gasteiger partial charge in [-0.3, -0.25) is 0 Å². The van der Waals surface area contributed by atoms with E-state index in [1.54, 1.807) is 0 Å². The van der Waals surface area contributed by atoms with Crippen molar-refractivity contribution in [2.75, 3.05) is 0 Å². The minimum Gasteiger partial charge on any atom is -0.199 e. The molecule has 28 heavy (non-hydrogen) atoms. The molecule has 4 aromatic rings. The van der Waals surface area contributed by atoms with Gasteiger partial charge in [0.15, 0.2) is 0 Å². The number of hydrogen-bond donors (Lipinski definition) is 0. The monoisotopic (exact) mass is 356 g/mol. The van der Waals surface area contributed by atoms with Crippen molar-refractivity contribution in [1.29, 1.82) is 0 Å². The third-order valence-electron chi connectivity index (χ3n) is 4.04. The second kappa shape index (κ2) is 8.49. The molecule has 0 N–H and O–H groups in total. The van der Waals surface area contributed by atoms with E-state index in [0.29, 0.717) is 0 Å². The summed E-state index contributed by atoms with van der Waals surface area (Å²) in [6, 6.07) is 31.4. The van der Waals surface area contributed by atoms with Crippen LogP contribution in [0.3, 0.4) is 0 Å². The maximum atomic E-state index is 4.28. The van der Waals surface area contributed by atoms with Crippen molar-refractivity contribution in [3.05, 3.63) is 119 Å². The minimum atomic E-state index is 0.791. The Hall–Kier alpha value is -4.14. The molecule has 0 aliphatic rings. The quantitative estimate of drug-likeness (QED) is 0.227. The molecule has 4 aromatic carbocycles. The summed E-state index contributed by atoms with van der Waals surface area (Å²) in [5, 5.41) is 8.57. The molecule has 0 unspecified atom stereocenters. The molecule has 0 spiro atoms. The Balaban J connectivity index is 1.40. The zero-order valence-corrected chi connectivity index (χ0v) is 15.1. The molecule has 0 bridgehead atoms. The van der Waals surface area contributed by atoms with E-state index in [1.807, 2.05) is 97.1 Å². The van der Waals surface area contributed by atoms with Crippen molar-refractivity contribution in [3.63, 3.8) is 0 Å². The van der Waals surface area contributed by atoms with Gasteiger partial charge in [-0.25, -0.2) is 0 Å². The van der Waals surface area contributed by atoms with Gasteiger partial charge < -0.3 is 0 Å². The van der Waals surface area contributed by atoms with E-state index in [4.69, 9.17) is 0 Å². The highest BCUT2D eigenvalue weighted by molar-refractivity contribution is 5.49. The number of hydrogen-bond acceptors (Lipinski definition) is 2. The number of nitrogens with zero attached hydrogens (tertiary/aromatic N) is 2. The van der Waals surface area contributed by atoms with Crippen molar-refractivity contribution < 1.29 is 0 Å². The number of rotatable bonds is 2. The molecule has 4 rings (SSSR count). The lowest BCUT2D eigenvalue weighted by Crippen LogP contribution is -1.74. The smallest absolute Gasteiger partial charge is 0.0857 e. The molecule has 0 aliphatic heterocycles. The third kappa shape index (κ3) is 4.73. The minimum absolute atomic E-state index is 0.791. The topological polar surface area (TPSA) is 24.7 Å². The van der Waals surface area contributed by atoms with Crippen LogP contribution in [0.25, 0.3) is 0 Å². The Labute approximate surface area is 164 Å². The fourth-order valence-electron chi connectivity index (χ4n) is 2.54. The Morgan fingerprint density at radius 1 is 0.571 bits per heavy atom. The van der Waals surface area contributed by atoms with Crippen LogP contribution >= 0.6 is 0 Å². The molecular weight excluding hydrogens is 340 g/mol. The molecular formula is C26H16N2-2. The van der Waals surface area contributed by atoms with Crippen LogP contribution in [0.2, 0.25) is 0 Å². The van der Waals surface area contributed by atoms with E-state index >= 15 is 0 Å². The Morgan fingerprint density at radius 3 is 1.71 bits per heavy atom. The number of benzene rings is 2. The maximum absolute atomic E-state index is 4.28. The van der Waals surface area contributed by atoms with Crippen LogP contribution < -0.4 is 0 Å². The summed E-state index contributed by atoms with van der Waals surface area (Å²) in [4.78, 5) is 0. The fraction of sp³-hybridized carbons (Fsp3) is 0. The molecule has 0 saturated carbocycles. The first kappa shape index (κ1) is 17.3. The fourth-order valence-corrected chi connectivity index (χ4v) is 2.54. The molecule has 0 saturated heterocycles. The highest BCUT2D eigenvalue weighted by atomic mass is 15.1. The van der Waals surface area contributed by atoms with Crippen LogP contribution in [0.15, 0.2) is 107 Å². The third-order valence-corrected chi connectivity index (χ3v) is 4.04. The number of azo groups is 1. The predicted octanol–water partition coefficient (Wildman–Crippen LogP) is 6.34. The average Bonchev–Trinajstić information content (AvgIpc) is 3.45. The summed E-state index contributed by atoms with van der Waals surface area (Å²) in [5.41, 5.74) is 5.53. The van der Waals surface area contributed by atoms with Crippen LogP contribution in [-0.2, 0) is 0 Å². The predicted molar refractivity (Wildman–Crippen MR) is 113 cm³/mol. The average molecular weight is 356 g/mol. The lowest BCUT2D eigenvalue weighted by atomic mass is 10.2. The summed E-state index contributed by atoms with van der Waals surface area (Å²) in [5.74, 6) is 12.5. The second-order valence-electron chi connectivity index (χ2n) is 6.14. The van der Waals surface area contributed by atoms with Gasteiger partial charge in [0.1, 0.15) is 0 Å². The van der Waals surface area contributed by atoms with E-state index in [2.05, 4.69) is 33.9 Å². The van der Waals surface area contributed by atoms with E-state index in [9.17, 15) is 0 Å². The maximum Gasteiger partial charge on any atom is 0.0857 e. The summed E-state index contributed by atoms with van der Waals surface area (Å²) < 4.78 is 0. The summed E-state index contributed by atoms with van der Waals surface area (Å²) in [6.45, 7) is 0. The van der Waals surface area contributed by atoms with Crippen molar-refractivity contribution in [2.24, 2.45) is 10.2 Å². The van der Waals surface area contributed by atoms with Crippen LogP contribution in [0.1, 0.15) is 22.3 Å². The van der Waals surface area contributed by atoms with Crippen LogP contribution in [0, 0.1) is 23.7 Å². The van der Waals surface area contributed by atoms with Gasteiger partial charge in [-0.15, -0.1) is 29.0 Å². The first-order valence-electron chi connectivity index (χ1n) is 8.94. The molecule has 2 heteroatoms. The zero-order chi connectivity index (χ0) is 19.0. The molecule has 0 heterocycles. The van der Waals surface area contributed by atoms with Crippen LogP contribution in [-0.4, -0.2) is 0 Å². The molecule has 2 nitrogen and oxygen atoms in total. The van der Waals surface area contributed by atoms with Crippen LogP contribution in [0.5, 0.6) is 0 Å². The van der Waals surface area contributed by atoms with Gasteiger partial charge in [-0.2, -0.15) is 58.6 Å².